The third kappa shape index (κ3) is 3.73. The molecule has 0 fully saturated rings. The number of nitrogens with zero attached hydrogens (tertiary/aromatic N) is 2. The van der Waals surface area contributed by atoms with Gasteiger partial charge in [-0.2, -0.15) is 10.5 Å². The predicted octanol–water partition coefficient (Wildman–Crippen LogP) is 3.01. The van der Waals surface area contributed by atoms with Crippen LogP contribution >= 0.6 is 36.0 Å². The van der Waals surface area contributed by atoms with E-state index >= 15 is 0 Å². The highest BCUT2D eigenvalue weighted by Gasteiger charge is 2.12. The first-order chi connectivity index (χ1) is 7.12. The van der Waals surface area contributed by atoms with E-state index in [2.05, 4.69) is 6.58 Å². The molecule has 0 spiro atoms. The summed E-state index contributed by atoms with van der Waals surface area (Å²) in [6.07, 6.45) is 2.74. The summed E-state index contributed by atoms with van der Waals surface area (Å²) in [5.41, 5.74) is 1.27. The lowest BCUT2D eigenvalue weighted by Crippen LogP contribution is -2.07. The van der Waals surface area contributed by atoms with E-state index in [9.17, 15) is 0 Å². The van der Waals surface area contributed by atoms with Crippen molar-refractivity contribution >= 4 is 45.8 Å². The molecule has 15 heavy (non-hydrogen) atoms. The molecular formula is C10H5ClN2S2. The third-order valence-corrected chi connectivity index (χ3v) is 2.20. The van der Waals surface area contributed by atoms with Crippen LogP contribution in [0, 0.1) is 22.7 Å². The second-order valence-electron chi connectivity index (χ2n) is 2.20. The van der Waals surface area contributed by atoms with Crippen molar-refractivity contribution in [2.45, 2.75) is 0 Å². The van der Waals surface area contributed by atoms with Gasteiger partial charge in [-0.1, -0.05) is 48.7 Å². The lowest BCUT2D eigenvalue weighted by molar-refractivity contribution is 1.46. The fourth-order valence-corrected chi connectivity index (χ4v) is 1.50. The minimum atomic E-state index is -0.139. The highest BCUT2D eigenvalue weighted by atomic mass is 35.5. The molecule has 0 aromatic heterocycles. The summed E-state index contributed by atoms with van der Waals surface area (Å²) in [5.74, 6) is 0. The summed E-state index contributed by atoms with van der Waals surface area (Å²) >= 11 is 15.2. The molecule has 0 atom stereocenters. The van der Waals surface area contributed by atoms with Crippen LogP contribution in [0.1, 0.15) is 0 Å². The molecule has 0 aromatic carbocycles. The van der Waals surface area contributed by atoms with E-state index in [0.717, 1.165) is 0 Å². The third-order valence-electron chi connectivity index (χ3n) is 1.37. The van der Waals surface area contributed by atoms with E-state index in [1.807, 2.05) is 0 Å². The Morgan fingerprint density at radius 1 is 1.20 bits per heavy atom. The highest BCUT2D eigenvalue weighted by Crippen LogP contribution is 2.11. The van der Waals surface area contributed by atoms with Gasteiger partial charge in [-0.25, -0.2) is 0 Å². The Kier molecular flexibility index (Phi) is 6.40. The van der Waals surface area contributed by atoms with Crippen LogP contribution in [0.4, 0.5) is 0 Å². The van der Waals surface area contributed by atoms with Gasteiger partial charge in [0.2, 0.25) is 0 Å². The Hall–Kier alpha value is -1.33. The molecule has 0 rings (SSSR count). The molecule has 0 N–H and O–H groups in total. The first-order valence-electron chi connectivity index (χ1n) is 3.64. The molecule has 0 heterocycles. The van der Waals surface area contributed by atoms with Gasteiger partial charge in [-0.15, -0.1) is 0 Å². The molecule has 0 aromatic rings. The Labute approximate surface area is 104 Å². The zero-order chi connectivity index (χ0) is 11.8. The van der Waals surface area contributed by atoms with Crippen LogP contribution in [-0.4, -0.2) is 9.73 Å². The summed E-state index contributed by atoms with van der Waals surface area (Å²) in [7, 11) is 0. The van der Waals surface area contributed by atoms with E-state index in [4.69, 9.17) is 46.6 Å². The predicted molar refractivity (Wildman–Crippen MR) is 68.6 cm³/mol. The Balaban J connectivity index is 5.67. The number of nitriles is 2. The molecule has 0 saturated heterocycles. The molecule has 5 heteroatoms. The van der Waals surface area contributed by atoms with Crippen molar-refractivity contribution in [2.24, 2.45) is 0 Å². The van der Waals surface area contributed by atoms with E-state index in [-0.39, 0.29) is 20.9 Å². The molecule has 0 aliphatic rings. The summed E-state index contributed by atoms with van der Waals surface area (Å²) in [4.78, 5) is 0.501. The van der Waals surface area contributed by atoms with E-state index < -0.39 is 0 Å². The monoisotopic (exact) mass is 252 g/mol. The number of halogens is 1. The Morgan fingerprint density at radius 2 is 1.73 bits per heavy atom. The van der Waals surface area contributed by atoms with Crippen LogP contribution in [0.5, 0.6) is 0 Å². The maximum absolute atomic E-state index is 8.72. The lowest BCUT2D eigenvalue weighted by Gasteiger charge is -2.03. The van der Waals surface area contributed by atoms with Gasteiger partial charge in [0, 0.05) is 20.8 Å². The van der Waals surface area contributed by atoms with Gasteiger partial charge in [-0.05, 0) is 6.08 Å². The van der Waals surface area contributed by atoms with Gasteiger partial charge >= 0.3 is 0 Å². The fraction of sp³-hybridized carbons (Fsp3) is 0. The highest BCUT2D eigenvalue weighted by molar-refractivity contribution is 7.83. The number of hydrogen-bond acceptors (Lipinski definition) is 4. The van der Waals surface area contributed by atoms with Crippen LogP contribution in [0.15, 0.2) is 35.4 Å². The van der Waals surface area contributed by atoms with E-state index in [1.165, 1.54) is 17.7 Å². The summed E-state index contributed by atoms with van der Waals surface area (Å²) in [6.45, 7) is 3.46. The molecule has 0 amide bonds. The molecular weight excluding hydrogens is 248 g/mol. The normalized spacial score (nSPS) is 8.73. The summed E-state index contributed by atoms with van der Waals surface area (Å²) < 4.78 is 0. The first-order valence-corrected chi connectivity index (χ1v) is 4.90. The minimum Gasteiger partial charge on any atom is -0.192 e. The Bertz CT molecular complexity index is 431. The zero-order valence-corrected chi connectivity index (χ0v) is 9.92. The molecule has 2 nitrogen and oxygen atoms in total. The van der Waals surface area contributed by atoms with Crippen LogP contribution in [0.2, 0.25) is 0 Å². The van der Waals surface area contributed by atoms with Gasteiger partial charge in [0.05, 0.1) is 0 Å². The lowest BCUT2D eigenvalue weighted by atomic mass is 10.0. The van der Waals surface area contributed by atoms with Crippen LogP contribution in [0.3, 0.4) is 0 Å². The molecule has 0 bridgehead atoms. The Morgan fingerprint density at radius 3 is 2.07 bits per heavy atom. The largest absolute Gasteiger partial charge is 0.192 e. The second-order valence-corrected chi connectivity index (χ2v) is 3.33. The number of hydrogen-bond donors (Lipinski definition) is 0. The van der Waals surface area contributed by atoms with Crippen molar-refractivity contribution in [3.05, 3.63) is 35.4 Å². The van der Waals surface area contributed by atoms with Crippen molar-refractivity contribution in [2.75, 3.05) is 0 Å². The number of allylic oxidation sites excluding steroid dienone is 4. The van der Waals surface area contributed by atoms with Crippen LogP contribution in [0.25, 0.3) is 0 Å². The standard InChI is InChI=1S/C10H5ClN2S2/c1-2-8(14)10(7(5-12)6-13)9(15)3-4-11/h2-4H,1H2. The average molecular weight is 253 g/mol. The fourth-order valence-electron chi connectivity index (χ4n) is 0.747. The van der Waals surface area contributed by atoms with Crippen molar-refractivity contribution in [1.82, 2.24) is 0 Å². The minimum absolute atomic E-state index is 0.139. The molecule has 0 saturated carbocycles. The maximum atomic E-state index is 8.72. The first kappa shape index (κ1) is 13.7. The average Bonchev–Trinajstić information content (AvgIpc) is 2.24. The smallest absolute Gasteiger partial charge is 0.139 e. The van der Waals surface area contributed by atoms with Crippen LogP contribution < -0.4 is 0 Å². The summed E-state index contributed by atoms with van der Waals surface area (Å²) in [5, 5.41) is 17.4. The zero-order valence-electron chi connectivity index (χ0n) is 7.53. The number of rotatable bonds is 4. The van der Waals surface area contributed by atoms with Gasteiger partial charge in [0.15, 0.2) is 0 Å². The molecule has 0 aliphatic heterocycles. The van der Waals surface area contributed by atoms with Gasteiger partial charge in [0.1, 0.15) is 17.7 Å². The molecule has 74 valence electrons. The van der Waals surface area contributed by atoms with Gasteiger partial charge in [0.25, 0.3) is 0 Å². The van der Waals surface area contributed by atoms with Gasteiger partial charge in [-0.3, -0.25) is 0 Å². The van der Waals surface area contributed by atoms with Gasteiger partial charge < -0.3 is 0 Å². The van der Waals surface area contributed by atoms with Crippen molar-refractivity contribution < 1.29 is 0 Å². The second kappa shape index (κ2) is 7.03. The quantitative estimate of drug-likeness (QED) is 0.438. The molecule has 0 unspecified atom stereocenters. The van der Waals surface area contributed by atoms with E-state index in [0.29, 0.717) is 0 Å². The van der Waals surface area contributed by atoms with Crippen molar-refractivity contribution in [1.29, 1.82) is 10.5 Å². The topological polar surface area (TPSA) is 47.6 Å². The summed E-state index contributed by atoms with van der Waals surface area (Å²) in [6, 6.07) is 3.45. The van der Waals surface area contributed by atoms with Crippen molar-refractivity contribution in [3.8, 4) is 12.1 Å². The number of thiocarbonyl (C=S) groups is 2. The van der Waals surface area contributed by atoms with E-state index in [1.54, 1.807) is 12.1 Å². The molecule has 0 radical (unpaired) electrons. The van der Waals surface area contributed by atoms with Crippen LogP contribution in [-0.2, 0) is 0 Å². The maximum Gasteiger partial charge on any atom is 0.139 e. The molecule has 0 aliphatic carbocycles. The van der Waals surface area contributed by atoms with Crippen molar-refractivity contribution in [3.63, 3.8) is 0 Å². The SMILES string of the molecule is C=CC(=S)C(C(=S)C=CCl)=C(C#N)C#N.